The predicted octanol–water partition coefficient (Wildman–Crippen LogP) is 7.65. The molecule has 0 aliphatic rings. The van der Waals surface area contributed by atoms with Gasteiger partial charge in [0, 0.05) is 27.3 Å². The first-order valence-corrected chi connectivity index (χ1v) is 11.3. The minimum absolute atomic E-state index is 0.647. The van der Waals surface area contributed by atoms with Crippen molar-refractivity contribution in [3.05, 3.63) is 115 Å². The van der Waals surface area contributed by atoms with Crippen LogP contribution in [0.4, 0.5) is 0 Å². The lowest BCUT2D eigenvalue weighted by Crippen LogP contribution is -2.03. The monoisotopic (exact) mass is 437 g/mol. The summed E-state index contributed by atoms with van der Waals surface area (Å²) in [5.41, 5.74) is 6.88. The van der Waals surface area contributed by atoms with Gasteiger partial charge in [-0.1, -0.05) is 78.9 Å². The molecule has 7 rings (SSSR count). The summed E-state index contributed by atoms with van der Waals surface area (Å²) in [6.45, 7) is 0. The molecule has 0 radical (unpaired) electrons. The van der Waals surface area contributed by atoms with Crippen LogP contribution in [0.1, 0.15) is 0 Å². The number of furan rings is 1. The second kappa shape index (κ2) is 7.42. The minimum atomic E-state index is 0.647. The highest BCUT2D eigenvalue weighted by Gasteiger charge is 2.17. The summed E-state index contributed by atoms with van der Waals surface area (Å²) in [7, 11) is 0. The fourth-order valence-corrected chi connectivity index (χ4v) is 4.69. The summed E-state index contributed by atoms with van der Waals surface area (Å²) in [5.74, 6) is 0.647. The van der Waals surface area contributed by atoms with E-state index in [0.717, 1.165) is 55.3 Å². The molecule has 0 aliphatic carbocycles. The Kier molecular flexibility index (Phi) is 4.11. The van der Waals surface area contributed by atoms with Crippen LogP contribution in [0.25, 0.3) is 61.2 Å². The maximum atomic E-state index is 5.70. The summed E-state index contributed by atoms with van der Waals surface area (Å²) < 4.78 is 7.87. The third-order valence-corrected chi connectivity index (χ3v) is 6.30. The summed E-state index contributed by atoms with van der Waals surface area (Å²) >= 11 is 0. The van der Waals surface area contributed by atoms with Gasteiger partial charge in [-0.2, -0.15) is 0 Å². The van der Waals surface area contributed by atoms with E-state index in [1.54, 1.807) is 6.26 Å². The van der Waals surface area contributed by atoms with Gasteiger partial charge in [-0.25, -0.2) is 9.97 Å². The highest BCUT2D eigenvalue weighted by Crippen LogP contribution is 2.35. The van der Waals surface area contributed by atoms with E-state index in [-0.39, 0.29) is 0 Å². The molecule has 34 heavy (non-hydrogen) atoms. The number of aromatic nitrogens is 3. The SMILES string of the molecule is c1ccc(-c2cc(-c3ccccc3)nc(-n3c4ccccc4c4cc5occc5cc43)n2)cc1. The Hall–Kier alpha value is -4.70. The van der Waals surface area contributed by atoms with Crippen LogP contribution in [0.15, 0.2) is 120 Å². The molecule has 0 unspecified atom stereocenters. The number of benzene rings is 4. The van der Waals surface area contributed by atoms with Crippen molar-refractivity contribution in [1.29, 1.82) is 0 Å². The highest BCUT2D eigenvalue weighted by atomic mass is 16.3. The molecule has 3 heterocycles. The molecule has 4 nitrogen and oxygen atoms in total. The number of para-hydroxylation sites is 1. The Balaban J connectivity index is 1.59. The van der Waals surface area contributed by atoms with Gasteiger partial charge in [0.1, 0.15) is 5.58 Å². The minimum Gasteiger partial charge on any atom is -0.464 e. The maximum Gasteiger partial charge on any atom is 0.235 e. The van der Waals surface area contributed by atoms with Gasteiger partial charge in [0.25, 0.3) is 0 Å². The number of hydrogen-bond acceptors (Lipinski definition) is 3. The van der Waals surface area contributed by atoms with Crippen molar-refractivity contribution in [2.75, 3.05) is 0 Å². The molecule has 0 saturated carbocycles. The van der Waals surface area contributed by atoms with Crippen LogP contribution >= 0.6 is 0 Å². The normalized spacial score (nSPS) is 11.5. The second-order valence-corrected chi connectivity index (χ2v) is 8.35. The van der Waals surface area contributed by atoms with Crippen molar-refractivity contribution in [3.63, 3.8) is 0 Å². The van der Waals surface area contributed by atoms with Crippen molar-refractivity contribution in [3.8, 4) is 28.5 Å². The summed E-state index contributed by atoms with van der Waals surface area (Å²) in [5, 5.41) is 3.32. The van der Waals surface area contributed by atoms with E-state index in [2.05, 4.69) is 71.3 Å². The third kappa shape index (κ3) is 2.93. The fraction of sp³-hybridized carbons (Fsp3) is 0. The molecule has 4 aromatic carbocycles. The average Bonchev–Trinajstić information content (AvgIpc) is 3.50. The van der Waals surface area contributed by atoms with E-state index in [4.69, 9.17) is 14.4 Å². The second-order valence-electron chi connectivity index (χ2n) is 8.35. The van der Waals surface area contributed by atoms with Gasteiger partial charge >= 0.3 is 0 Å². The summed E-state index contributed by atoms with van der Waals surface area (Å²) in [4.78, 5) is 10.1. The van der Waals surface area contributed by atoms with Crippen LogP contribution in [0.3, 0.4) is 0 Å². The first-order chi connectivity index (χ1) is 16.8. The Morgan fingerprint density at radius 3 is 1.91 bits per heavy atom. The van der Waals surface area contributed by atoms with Crippen LogP contribution in [-0.2, 0) is 0 Å². The highest BCUT2D eigenvalue weighted by molar-refractivity contribution is 6.12. The Bertz CT molecular complexity index is 1740. The molecule has 0 fully saturated rings. The first-order valence-electron chi connectivity index (χ1n) is 11.3. The average molecular weight is 438 g/mol. The van der Waals surface area contributed by atoms with Gasteiger partial charge in [-0.3, -0.25) is 4.57 Å². The number of rotatable bonds is 3. The van der Waals surface area contributed by atoms with Crippen LogP contribution in [0.2, 0.25) is 0 Å². The van der Waals surface area contributed by atoms with Gasteiger partial charge in [-0.15, -0.1) is 0 Å². The molecular weight excluding hydrogens is 418 g/mol. The molecular formula is C30H19N3O. The van der Waals surface area contributed by atoms with Crippen molar-refractivity contribution in [2.24, 2.45) is 0 Å². The zero-order chi connectivity index (χ0) is 22.5. The maximum absolute atomic E-state index is 5.70. The summed E-state index contributed by atoms with van der Waals surface area (Å²) in [6, 6.07) is 37.2. The van der Waals surface area contributed by atoms with Gasteiger partial charge in [0.2, 0.25) is 5.95 Å². The molecule has 0 saturated heterocycles. The molecule has 3 aromatic heterocycles. The molecule has 0 N–H and O–H groups in total. The molecule has 160 valence electrons. The Morgan fingerprint density at radius 2 is 1.21 bits per heavy atom. The third-order valence-electron chi connectivity index (χ3n) is 6.30. The van der Waals surface area contributed by atoms with E-state index >= 15 is 0 Å². The molecule has 0 amide bonds. The van der Waals surface area contributed by atoms with Crippen molar-refractivity contribution >= 4 is 32.8 Å². The number of hydrogen-bond donors (Lipinski definition) is 0. The van der Waals surface area contributed by atoms with E-state index in [9.17, 15) is 0 Å². The lowest BCUT2D eigenvalue weighted by molar-refractivity contribution is 0.616. The first kappa shape index (κ1) is 18.8. The van der Waals surface area contributed by atoms with E-state index in [1.807, 2.05) is 42.5 Å². The van der Waals surface area contributed by atoms with Gasteiger partial charge in [-0.05, 0) is 30.3 Å². The topological polar surface area (TPSA) is 43.9 Å². The number of fused-ring (bicyclic) bond motifs is 4. The Morgan fingerprint density at radius 1 is 0.559 bits per heavy atom. The molecule has 4 heteroatoms. The van der Waals surface area contributed by atoms with E-state index in [1.165, 1.54) is 0 Å². The van der Waals surface area contributed by atoms with Crippen LogP contribution in [0, 0.1) is 0 Å². The largest absolute Gasteiger partial charge is 0.464 e. The zero-order valence-electron chi connectivity index (χ0n) is 18.2. The van der Waals surface area contributed by atoms with Gasteiger partial charge in [0.05, 0.1) is 28.7 Å². The fourth-order valence-electron chi connectivity index (χ4n) is 4.69. The van der Waals surface area contributed by atoms with Crippen molar-refractivity contribution in [2.45, 2.75) is 0 Å². The quantitative estimate of drug-likeness (QED) is 0.285. The lowest BCUT2D eigenvalue weighted by atomic mass is 10.1. The van der Waals surface area contributed by atoms with Crippen molar-refractivity contribution < 1.29 is 4.42 Å². The van der Waals surface area contributed by atoms with Gasteiger partial charge in [0.15, 0.2) is 0 Å². The number of nitrogens with zero attached hydrogens (tertiary/aromatic N) is 3. The standard InChI is InChI=1S/C30H19N3O/c1-3-9-20(10-4-1)25-19-26(21-11-5-2-6-12-21)32-30(31-25)33-27-14-8-7-13-23(27)24-18-29-22(15-16-34-29)17-28(24)33/h1-19H. The smallest absolute Gasteiger partial charge is 0.235 e. The molecule has 7 aromatic rings. The van der Waals surface area contributed by atoms with Crippen LogP contribution in [-0.4, -0.2) is 14.5 Å². The predicted molar refractivity (Wildman–Crippen MR) is 137 cm³/mol. The lowest BCUT2D eigenvalue weighted by Gasteiger charge is -2.11. The molecule has 0 spiro atoms. The molecule has 0 bridgehead atoms. The van der Waals surface area contributed by atoms with E-state index < -0.39 is 0 Å². The zero-order valence-corrected chi connectivity index (χ0v) is 18.2. The van der Waals surface area contributed by atoms with Crippen molar-refractivity contribution in [1.82, 2.24) is 14.5 Å². The molecule has 0 atom stereocenters. The van der Waals surface area contributed by atoms with Gasteiger partial charge < -0.3 is 4.42 Å². The molecule has 0 aliphatic heterocycles. The van der Waals surface area contributed by atoms with Crippen LogP contribution in [0.5, 0.6) is 0 Å². The van der Waals surface area contributed by atoms with E-state index in [0.29, 0.717) is 5.95 Å². The summed E-state index contributed by atoms with van der Waals surface area (Å²) in [6.07, 6.45) is 1.73. The van der Waals surface area contributed by atoms with Crippen LogP contribution < -0.4 is 0 Å². The Labute approximate surface area is 195 Å².